The molecular weight excluding hydrogens is 117 g/mol. The van der Waals surface area contributed by atoms with Crippen LogP contribution in [0.4, 0.5) is 0 Å². The predicted octanol–water partition coefficient (Wildman–Crippen LogP) is 0.662. The van der Waals surface area contributed by atoms with Gasteiger partial charge in [0.05, 0.1) is 0 Å². The summed E-state index contributed by atoms with van der Waals surface area (Å²) >= 11 is 3.52. The molecule has 0 N–H and O–H groups in total. The zero-order chi connectivity index (χ0) is 3.41. The summed E-state index contributed by atoms with van der Waals surface area (Å²) < 4.78 is 0. The molecule has 0 atom stereocenters. The molecule has 0 aromatic carbocycles. The number of hydrogen-bond donors (Lipinski definition) is 0. The molecule has 0 unspecified atom stereocenters. The quantitative estimate of drug-likeness (QED) is 0.435. The van der Waals surface area contributed by atoms with Gasteiger partial charge in [0.15, 0.2) is 0 Å². The summed E-state index contributed by atoms with van der Waals surface area (Å²) in [5, 5.41) is 9.22. The second-order valence-electron chi connectivity index (χ2n) is 0.159. The van der Waals surface area contributed by atoms with E-state index in [0.29, 0.717) is 0 Å². The first-order valence-corrected chi connectivity index (χ1v) is 2.52. The molecule has 0 aliphatic rings. The Labute approximate surface area is 36.1 Å². The van der Waals surface area contributed by atoms with Gasteiger partial charge in [0, 0.05) is 0 Å². The zero-order valence-corrected chi connectivity index (χ0v) is 3.55. The molecule has 0 aliphatic heterocycles. The first-order valence-electron chi connectivity index (χ1n) is 0.564. The van der Waals surface area contributed by atoms with Crippen LogP contribution in [0.25, 0.3) is 0 Å². The summed E-state index contributed by atoms with van der Waals surface area (Å²) in [5.41, 5.74) is 0. The van der Waals surface area contributed by atoms with E-state index in [1.807, 2.05) is 0 Å². The average Bonchev–Trinajstić information content (AvgIpc) is 1.37. The van der Waals surface area contributed by atoms with Crippen molar-refractivity contribution < 1.29 is 14.6 Å². The van der Waals surface area contributed by atoms with E-state index in [4.69, 9.17) is 5.26 Å². The Bertz CT molecular complexity index is 37.8. The summed E-state index contributed by atoms with van der Waals surface area (Å²) in [6.07, 6.45) is 0. The van der Waals surface area contributed by atoms with Gasteiger partial charge in [-0.25, -0.2) is 0 Å². The first kappa shape index (κ1) is 4.35. The number of nitriles is 1. The SMILES string of the molecule is N#C[S][Co]. The van der Waals surface area contributed by atoms with Crippen LogP contribution in [0.3, 0.4) is 0 Å². The van der Waals surface area contributed by atoms with Crippen molar-refractivity contribution in [2.45, 2.75) is 0 Å². The van der Waals surface area contributed by atoms with E-state index in [1.54, 1.807) is 5.40 Å². The molecule has 4 heavy (non-hydrogen) atoms. The minimum absolute atomic E-state index is 0.850. The minimum atomic E-state index is 0.850. The molecule has 0 saturated carbocycles. The fourth-order valence-electron chi connectivity index (χ4n) is 0. The number of thiocyanates is 1. The fraction of sp³-hybridized carbons (Fsp3) is 0. The Hall–Kier alpha value is 0.346. The van der Waals surface area contributed by atoms with Crippen LogP contribution in [-0.2, 0) is 14.6 Å². The summed E-state index contributed by atoms with van der Waals surface area (Å²) in [6.45, 7) is 0. The van der Waals surface area contributed by atoms with Gasteiger partial charge in [0.2, 0.25) is 0 Å². The molecule has 0 aromatic heterocycles. The van der Waals surface area contributed by atoms with Gasteiger partial charge in [-0.1, -0.05) is 0 Å². The van der Waals surface area contributed by atoms with Crippen molar-refractivity contribution in [3.05, 3.63) is 0 Å². The van der Waals surface area contributed by atoms with E-state index >= 15 is 0 Å². The van der Waals surface area contributed by atoms with Crippen molar-refractivity contribution in [1.29, 1.82) is 5.26 Å². The maximum atomic E-state index is 7.51. The monoisotopic (exact) mass is 117 g/mol. The third kappa shape index (κ3) is 2.35. The van der Waals surface area contributed by atoms with Crippen molar-refractivity contribution >= 4 is 10.2 Å². The molecule has 0 aromatic rings. The summed E-state index contributed by atoms with van der Waals surface area (Å²) in [5.74, 6) is 0. The third-order valence-electron chi connectivity index (χ3n) is 0.0304. The van der Waals surface area contributed by atoms with E-state index in [0.717, 1.165) is 10.2 Å². The van der Waals surface area contributed by atoms with Crippen LogP contribution >= 0.6 is 10.2 Å². The van der Waals surface area contributed by atoms with Gasteiger partial charge in [-0.2, -0.15) is 0 Å². The Morgan fingerprint density at radius 1 is 2.00 bits per heavy atom. The van der Waals surface area contributed by atoms with E-state index in [2.05, 4.69) is 14.6 Å². The topological polar surface area (TPSA) is 23.8 Å². The Morgan fingerprint density at radius 2 is 2.25 bits per heavy atom. The Kier molecular flexibility index (Phi) is 3.64. The van der Waals surface area contributed by atoms with Crippen molar-refractivity contribution in [3.8, 4) is 5.40 Å². The van der Waals surface area contributed by atoms with Crippen LogP contribution in [0.5, 0.6) is 0 Å². The number of nitrogens with zero attached hydrogens (tertiary/aromatic N) is 1. The fourth-order valence-corrected chi connectivity index (χ4v) is 0. The van der Waals surface area contributed by atoms with Gasteiger partial charge >= 0.3 is 35.5 Å². The molecule has 0 bridgehead atoms. The molecule has 24 valence electrons. The standard InChI is InChI=1S/CHNS.Co/c2-1-3;/h3H;/q;+1/p-1. The van der Waals surface area contributed by atoms with E-state index in [9.17, 15) is 0 Å². The van der Waals surface area contributed by atoms with Gasteiger partial charge < -0.3 is 0 Å². The van der Waals surface area contributed by atoms with Crippen molar-refractivity contribution in [3.63, 3.8) is 0 Å². The van der Waals surface area contributed by atoms with Crippen LogP contribution in [-0.4, -0.2) is 0 Å². The second kappa shape index (κ2) is 3.35. The number of rotatable bonds is 0. The molecule has 0 amide bonds. The van der Waals surface area contributed by atoms with Gasteiger partial charge in [-0.3, -0.25) is 0 Å². The summed E-state index contributed by atoms with van der Waals surface area (Å²) in [6, 6.07) is 0. The molecule has 0 radical (unpaired) electrons. The van der Waals surface area contributed by atoms with Crippen molar-refractivity contribution in [2.24, 2.45) is 0 Å². The van der Waals surface area contributed by atoms with Crippen molar-refractivity contribution in [2.75, 3.05) is 0 Å². The molecule has 1 nitrogen and oxygen atoms in total. The van der Waals surface area contributed by atoms with Gasteiger partial charge in [-0.15, -0.1) is 0 Å². The average molecular weight is 117 g/mol. The van der Waals surface area contributed by atoms with Crippen LogP contribution in [0.1, 0.15) is 0 Å². The maximum absolute atomic E-state index is 7.51. The Morgan fingerprint density at radius 3 is 2.25 bits per heavy atom. The molecule has 0 saturated heterocycles. The van der Waals surface area contributed by atoms with Crippen LogP contribution in [0.15, 0.2) is 0 Å². The third-order valence-corrected chi connectivity index (χ3v) is 0.376. The Balaban J connectivity index is 2.43. The molecular formula is CCoNS. The summed E-state index contributed by atoms with van der Waals surface area (Å²) in [4.78, 5) is 0. The molecule has 0 rings (SSSR count). The van der Waals surface area contributed by atoms with E-state index < -0.39 is 0 Å². The van der Waals surface area contributed by atoms with Crippen LogP contribution < -0.4 is 0 Å². The van der Waals surface area contributed by atoms with Crippen molar-refractivity contribution in [1.82, 2.24) is 0 Å². The molecule has 3 heteroatoms. The van der Waals surface area contributed by atoms with Gasteiger partial charge in [-0.05, 0) is 0 Å². The van der Waals surface area contributed by atoms with Crippen LogP contribution in [0.2, 0.25) is 0 Å². The predicted molar refractivity (Wildman–Crippen MR) is 13.2 cm³/mol. The van der Waals surface area contributed by atoms with E-state index in [1.165, 1.54) is 0 Å². The summed E-state index contributed by atoms with van der Waals surface area (Å²) in [7, 11) is 0.850. The normalized spacial score (nSPS) is 5.25. The first-order chi connectivity index (χ1) is 1.91. The molecule has 0 heterocycles. The van der Waals surface area contributed by atoms with Crippen LogP contribution in [0, 0.1) is 10.7 Å². The molecule has 0 fully saturated rings. The van der Waals surface area contributed by atoms with Gasteiger partial charge in [0.1, 0.15) is 0 Å². The van der Waals surface area contributed by atoms with E-state index in [-0.39, 0.29) is 0 Å². The zero-order valence-electron chi connectivity index (χ0n) is 1.69. The van der Waals surface area contributed by atoms with Gasteiger partial charge in [0.25, 0.3) is 0 Å². The number of hydrogen-bond acceptors (Lipinski definition) is 2. The second-order valence-corrected chi connectivity index (χ2v) is 1.12. The molecule has 0 aliphatic carbocycles. The molecule has 0 spiro atoms.